The quantitative estimate of drug-likeness (QED) is 0.303. The van der Waals surface area contributed by atoms with Crippen molar-refractivity contribution < 1.29 is 31.7 Å². The zero-order chi connectivity index (χ0) is 22.9. The maximum atomic E-state index is 12.6. The molecule has 0 aromatic heterocycles. The summed E-state index contributed by atoms with van der Waals surface area (Å²) in [6.45, 7) is 10.1. The van der Waals surface area contributed by atoms with Gasteiger partial charge in [0, 0.05) is 40.5 Å². The summed E-state index contributed by atoms with van der Waals surface area (Å²) in [5.41, 5.74) is 0.621. The predicted octanol–water partition coefficient (Wildman–Crippen LogP) is 5.88. The Bertz CT molecular complexity index is 552. The van der Waals surface area contributed by atoms with Crippen LogP contribution in [0.3, 0.4) is 0 Å². The molecule has 0 aromatic carbocycles. The van der Waals surface area contributed by atoms with Gasteiger partial charge in [-0.25, -0.2) is 4.79 Å². The molecule has 2 atom stereocenters. The van der Waals surface area contributed by atoms with E-state index in [-0.39, 0.29) is 35.2 Å². The summed E-state index contributed by atoms with van der Waals surface area (Å²) in [4.78, 5) is 14.3. The summed E-state index contributed by atoms with van der Waals surface area (Å²) >= 11 is 0. The van der Waals surface area contributed by atoms with Crippen molar-refractivity contribution in [1.29, 1.82) is 0 Å². The van der Waals surface area contributed by atoms with Crippen LogP contribution in [0.1, 0.15) is 66.7 Å². The van der Waals surface area contributed by atoms with Crippen LogP contribution in [0, 0.1) is 69.1 Å². The molecule has 32 heavy (non-hydrogen) atoms. The predicted molar refractivity (Wildman–Crippen MR) is 126 cm³/mol. The Balaban J connectivity index is 0.000000750. The second-order valence-corrected chi connectivity index (χ2v) is 9.18. The van der Waals surface area contributed by atoms with Gasteiger partial charge in [-0.15, -0.1) is 0 Å². The fraction of sp³-hybridized carbons (Fsp3) is 0.519. The third-order valence-electron chi connectivity index (χ3n) is 6.16. The molecule has 0 heterocycles. The van der Waals surface area contributed by atoms with E-state index in [0.29, 0.717) is 0 Å². The average molecular weight is 481 g/mol. The molecule has 3 saturated carbocycles. The van der Waals surface area contributed by atoms with Crippen molar-refractivity contribution in [3.05, 3.63) is 75.5 Å². The van der Waals surface area contributed by atoms with Gasteiger partial charge in [0.2, 0.25) is 0 Å². The second-order valence-electron chi connectivity index (χ2n) is 9.18. The SMILES string of the molecule is CC(C)N(C(=O)O/C=C1\CCCCC[C@]1(C)[C@H](O)[C]1[CH][CH][CH][CH]1)C(C)C.[CH]1[CH][CH][CH][CH]1.[Fe]. The summed E-state index contributed by atoms with van der Waals surface area (Å²) in [6.07, 6.45) is 23.5. The summed E-state index contributed by atoms with van der Waals surface area (Å²) in [5.74, 6) is 0.928. The minimum atomic E-state index is -0.591. The largest absolute Gasteiger partial charge is 0.418 e. The van der Waals surface area contributed by atoms with Gasteiger partial charge in [-0.05, 0) is 110 Å². The minimum Gasteiger partial charge on any atom is -0.418 e. The molecule has 1 N–H and O–H groups in total. The van der Waals surface area contributed by atoms with Gasteiger partial charge >= 0.3 is 6.09 Å². The zero-order valence-corrected chi connectivity index (χ0v) is 21.2. The number of hydrogen-bond donors (Lipinski definition) is 1. The molecule has 0 saturated heterocycles. The van der Waals surface area contributed by atoms with Crippen LogP contribution >= 0.6 is 0 Å². The van der Waals surface area contributed by atoms with Crippen LogP contribution in [0.25, 0.3) is 0 Å². The number of rotatable bonds is 5. The van der Waals surface area contributed by atoms with Crippen molar-refractivity contribution in [2.75, 3.05) is 0 Å². The zero-order valence-electron chi connectivity index (χ0n) is 20.1. The van der Waals surface area contributed by atoms with Crippen LogP contribution in [0.4, 0.5) is 4.79 Å². The molecule has 0 spiro atoms. The number of hydrogen-bond acceptors (Lipinski definition) is 3. The van der Waals surface area contributed by atoms with Crippen LogP contribution in [0.5, 0.6) is 0 Å². The van der Waals surface area contributed by atoms with Crippen LogP contribution in [0.15, 0.2) is 11.8 Å². The van der Waals surface area contributed by atoms with E-state index in [4.69, 9.17) is 4.74 Å². The Morgan fingerprint density at radius 1 is 0.969 bits per heavy atom. The first-order valence-corrected chi connectivity index (χ1v) is 11.5. The van der Waals surface area contributed by atoms with Gasteiger partial charge in [-0.1, -0.05) is 19.8 Å². The van der Waals surface area contributed by atoms with Crippen molar-refractivity contribution in [2.45, 2.75) is 84.9 Å². The molecule has 0 aromatic rings. The topological polar surface area (TPSA) is 49.8 Å². The fourth-order valence-electron chi connectivity index (χ4n) is 4.40. The van der Waals surface area contributed by atoms with Crippen LogP contribution < -0.4 is 0 Å². The Morgan fingerprint density at radius 2 is 1.50 bits per heavy atom. The van der Waals surface area contributed by atoms with E-state index >= 15 is 0 Å². The monoisotopic (exact) mass is 481 g/mol. The summed E-state index contributed by atoms with van der Waals surface area (Å²) < 4.78 is 5.60. The van der Waals surface area contributed by atoms with Crippen molar-refractivity contribution in [3.8, 4) is 0 Å². The van der Waals surface area contributed by atoms with E-state index in [1.165, 1.54) is 0 Å². The van der Waals surface area contributed by atoms with Gasteiger partial charge < -0.3 is 14.7 Å². The molecule has 10 radical (unpaired) electrons. The number of amides is 1. The summed E-state index contributed by atoms with van der Waals surface area (Å²) in [7, 11) is 0. The number of aliphatic hydroxyl groups excluding tert-OH is 1. The van der Waals surface area contributed by atoms with Gasteiger partial charge in [0.1, 0.15) is 0 Å². The number of nitrogens with zero attached hydrogens (tertiary/aromatic N) is 1. The van der Waals surface area contributed by atoms with E-state index in [9.17, 15) is 9.90 Å². The molecular weight excluding hydrogens is 442 g/mol. The van der Waals surface area contributed by atoms with Crippen LogP contribution in [-0.4, -0.2) is 34.3 Å². The number of ether oxygens (including phenoxy) is 1. The van der Waals surface area contributed by atoms with Gasteiger partial charge in [-0.2, -0.15) is 0 Å². The summed E-state index contributed by atoms with van der Waals surface area (Å²) in [6, 6.07) is 0.160. The Kier molecular flexibility index (Phi) is 13.5. The van der Waals surface area contributed by atoms with Crippen LogP contribution in [0.2, 0.25) is 0 Å². The number of carbonyl (C=O) groups excluding carboxylic acids is 1. The minimum absolute atomic E-state index is 0. The molecule has 3 fully saturated rings. The number of aliphatic hydroxyl groups is 1. The van der Waals surface area contributed by atoms with Crippen molar-refractivity contribution in [1.82, 2.24) is 4.90 Å². The third-order valence-corrected chi connectivity index (χ3v) is 6.16. The molecule has 5 heteroatoms. The first-order chi connectivity index (χ1) is 14.8. The smallest absolute Gasteiger partial charge is 0.415 e. The molecule has 3 aliphatic carbocycles. The van der Waals surface area contributed by atoms with E-state index in [1.54, 1.807) is 11.2 Å². The Morgan fingerprint density at radius 3 is 2.00 bits per heavy atom. The van der Waals surface area contributed by atoms with Gasteiger partial charge in [0.05, 0.1) is 12.4 Å². The van der Waals surface area contributed by atoms with Crippen molar-refractivity contribution in [3.63, 3.8) is 0 Å². The maximum Gasteiger partial charge on any atom is 0.415 e. The maximum absolute atomic E-state index is 12.6. The second kappa shape index (κ2) is 14.7. The molecule has 4 nitrogen and oxygen atoms in total. The Hall–Kier alpha value is -0.511. The molecule has 178 valence electrons. The first-order valence-electron chi connectivity index (χ1n) is 11.5. The molecular formula is C27H39FeNO3. The third kappa shape index (κ3) is 8.37. The molecule has 0 aliphatic heterocycles. The van der Waals surface area contributed by atoms with E-state index in [0.717, 1.165) is 43.6 Å². The number of carbonyl (C=O) groups is 1. The first kappa shape index (κ1) is 29.5. The molecule has 0 unspecified atom stereocenters. The van der Waals surface area contributed by atoms with E-state index < -0.39 is 11.5 Å². The molecule has 0 bridgehead atoms. The molecule has 3 aliphatic rings. The van der Waals surface area contributed by atoms with E-state index in [1.807, 2.05) is 85.5 Å². The molecule has 1 amide bonds. The Labute approximate surface area is 208 Å². The average Bonchev–Trinajstić information content (AvgIpc) is 3.42. The molecule has 3 rings (SSSR count). The van der Waals surface area contributed by atoms with Crippen molar-refractivity contribution >= 4 is 6.09 Å². The normalized spacial score (nSPS) is 26.3. The van der Waals surface area contributed by atoms with Crippen LogP contribution in [-0.2, 0) is 21.8 Å². The standard InChI is InChI=1S/C22H34NO3.C5H5.Fe/c1-16(2)23(17(3)4)21(25)26-15-19-13-7-6-10-14-22(19,5)20(24)18-11-8-9-12-18;1-2-4-5-3-1;/h8-9,11-12,15-17,20,24H,6-7,10,13-14H2,1-5H3;1-5H;/b19-15+;;/t20-,22+;;/m1../s1. The van der Waals surface area contributed by atoms with Gasteiger partial charge in [0.15, 0.2) is 0 Å². The van der Waals surface area contributed by atoms with Crippen molar-refractivity contribution in [2.24, 2.45) is 5.41 Å². The fourth-order valence-corrected chi connectivity index (χ4v) is 4.40. The van der Waals surface area contributed by atoms with E-state index in [2.05, 4.69) is 6.92 Å². The van der Waals surface area contributed by atoms with Gasteiger partial charge in [0.25, 0.3) is 0 Å². The summed E-state index contributed by atoms with van der Waals surface area (Å²) in [5, 5.41) is 11.0. The van der Waals surface area contributed by atoms with Gasteiger partial charge in [-0.3, -0.25) is 0 Å².